The minimum atomic E-state index is -1.44. The van der Waals surface area contributed by atoms with Crippen LogP contribution in [0.5, 0.6) is 0 Å². The Morgan fingerprint density at radius 3 is 1.37 bits per heavy atom. The van der Waals surface area contributed by atoms with E-state index in [1.54, 1.807) is 0 Å². The van der Waals surface area contributed by atoms with Crippen molar-refractivity contribution in [3.8, 4) is 0 Å². The van der Waals surface area contributed by atoms with Crippen LogP contribution in [0.3, 0.4) is 0 Å². The zero-order valence-electron chi connectivity index (χ0n) is 18.8. The number of hydrogen-bond acceptors (Lipinski definition) is 1. The van der Waals surface area contributed by atoms with Gasteiger partial charge in [-0.25, -0.2) is 0 Å². The normalized spacial score (nSPS) is 19.7. The molecule has 1 fully saturated rings. The summed E-state index contributed by atoms with van der Waals surface area (Å²) in [5, 5.41) is 0. The van der Waals surface area contributed by atoms with E-state index in [2.05, 4.69) is 113 Å². The van der Waals surface area contributed by atoms with E-state index in [-0.39, 0.29) is 11.0 Å². The molecule has 2 heteroatoms. The maximum absolute atomic E-state index is 6.26. The predicted molar refractivity (Wildman–Crippen MR) is 136 cm³/mol. The highest BCUT2D eigenvalue weighted by Gasteiger charge is 2.49. The van der Waals surface area contributed by atoms with Gasteiger partial charge in [0.25, 0.3) is 0 Å². The molecule has 2 aromatic rings. The van der Waals surface area contributed by atoms with Crippen molar-refractivity contribution < 1.29 is 4.43 Å². The van der Waals surface area contributed by atoms with Crippen molar-refractivity contribution in [3.05, 3.63) is 96.1 Å². The molecule has 0 N–H and O–H groups in total. The molecule has 156 valence electrons. The number of rotatable bonds is 2. The Kier molecular flexibility index (Phi) is 6.49. The molecule has 1 saturated heterocycles. The van der Waals surface area contributed by atoms with Crippen LogP contribution in [-0.4, -0.2) is 13.9 Å². The monoisotopic (exact) mass is 414 g/mol. The van der Waals surface area contributed by atoms with Gasteiger partial charge in [0, 0.05) is 5.41 Å². The molecular weight excluding hydrogens is 380 g/mol. The van der Waals surface area contributed by atoms with Crippen LogP contribution in [-0.2, 0) is 4.43 Å². The largest absolute Gasteiger partial charge is 0.411 e. The fraction of sp³-hybridized carbons (Fsp3) is 0.286. The van der Waals surface area contributed by atoms with Gasteiger partial charge in [-0.2, -0.15) is 0 Å². The lowest BCUT2D eigenvalue weighted by atomic mass is 9.72. The van der Waals surface area contributed by atoms with Crippen molar-refractivity contribution in [2.75, 3.05) is 0 Å². The minimum Gasteiger partial charge on any atom is -0.411 e. The molecule has 2 aliphatic carbocycles. The summed E-state index contributed by atoms with van der Waals surface area (Å²) < 4.78 is 6.26. The fourth-order valence-electron chi connectivity index (χ4n) is 4.22. The van der Waals surface area contributed by atoms with E-state index in [9.17, 15) is 0 Å². The average molecular weight is 415 g/mol. The summed E-state index contributed by atoms with van der Waals surface area (Å²) in [5.74, 6) is 0. The van der Waals surface area contributed by atoms with Gasteiger partial charge in [-0.05, 0) is 61.7 Å². The highest BCUT2D eigenvalue weighted by molar-refractivity contribution is 6.71. The van der Waals surface area contributed by atoms with Crippen molar-refractivity contribution in [1.82, 2.24) is 0 Å². The first kappa shape index (κ1) is 22.3. The van der Waals surface area contributed by atoms with Crippen LogP contribution in [0.1, 0.15) is 42.5 Å². The molecule has 2 aromatic carbocycles. The van der Waals surface area contributed by atoms with Crippen LogP contribution in [0.2, 0.25) is 19.1 Å². The van der Waals surface area contributed by atoms with E-state index in [0.29, 0.717) is 0 Å². The van der Waals surface area contributed by atoms with Gasteiger partial charge in [0.05, 0.1) is 5.60 Å². The van der Waals surface area contributed by atoms with Gasteiger partial charge in [0.1, 0.15) is 0 Å². The third-order valence-electron chi connectivity index (χ3n) is 6.40. The molecule has 5 rings (SSSR count). The fourth-order valence-corrected chi connectivity index (χ4v) is 6.91. The Balaban J connectivity index is 0.000000135. The summed E-state index contributed by atoms with van der Waals surface area (Å²) in [6.07, 6.45) is 13.6. The van der Waals surface area contributed by atoms with Gasteiger partial charge in [-0.3, -0.25) is 0 Å². The van der Waals surface area contributed by atoms with E-state index in [4.69, 9.17) is 4.43 Å². The molecular formula is C28H34OSi. The van der Waals surface area contributed by atoms with Crippen molar-refractivity contribution in [1.29, 1.82) is 0 Å². The van der Waals surface area contributed by atoms with Gasteiger partial charge in [-0.1, -0.05) is 85.0 Å². The molecule has 0 saturated carbocycles. The summed E-state index contributed by atoms with van der Waals surface area (Å²) in [4.78, 5) is 0. The molecule has 1 heterocycles. The van der Waals surface area contributed by atoms with Crippen LogP contribution in [0, 0.1) is 5.41 Å². The Labute approximate surface area is 183 Å². The zero-order valence-corrected chi connectivity index (χ0v) is 19.8. The van der Waals surface area contributed by atoms with Crippen molar-refractivity contribution in [2.45, 2.75) is 45.0 Å². The first-order valence-electron chi connectivity index (χ1n) is 10.7. The average Bonchev–Trinajstić information content (AvgIpc) is 2.65. The first-order valence-corrected chi connectivity index (χ1v) is 13.9. The number of benzene rings is 2. The lowest BCUT2D eigenvalue weighted by molar-refractivity contribution is -0.00444. The topological polar surface area (TPSA) is 9.23 Å². The summed E-state index contributed by atoms with van der Waals surface area (Å²) in [6.45, 7) is 16.7. The second-order valence-electron chi connectivity index (χ2n) is 9.25. The second kappa shape index (κ2) is 8.75. The molecule has 0 unspecified atom stereocenters. The molecule has 1 aliphatic heterocycles. The van der Waals surface area contributed by atoms with Gasteiger partial charge < -0.3 is 4.43 Å². The van der Waals surface area contributed by atoms with Gasteiger partial charge in [0.15, 0.2) is 8.32 Å². The van der Waals surface area contributed by atoms with Crippen LogP contribution >= 0.6 is 0 Å². The van der Waals surface area contributed by atoms with E-state index < -0.39 is 8.32 Å². The van der Waals surface area contributed by atoms with E-state index in [1.165, 1.54) is 28.3 Å². The first-order chi connectivity index (χ1) is 14.2. The zero-order chi connectivity index (χ0) is 21.8. The number of fused-ring (bicyclic) bond motifs is 2. The summed E-state index contributed by atoms with van der Waals surface area (Å²) in [7, 11) is -1.44. The quantitative estimate of drug-likeness (QED) is 0.238. The molecule has 0 spiro atoms. The standard InChI is InChI=1S/C12H22OSi.2C8H6/c1-7-12(8-2)9-10-14(5,6)13-11(12,3)4;2*1-2-4-8-6-5-7(8)3-1/h7-8H,1-2,9-10H2,3-6H3;2*1-6H. The predicted octanol–water partition coefficient (Wildman–Crippen LogP) is 8.09. The van der Waals surface area contributed by atoms with Gasteiger partial charge in [-0.15, -0.1) is 13.2 Å². The molecule has 0 bridgehead atoms. The Morgan fingerprint density at radius 1 is 0.767 bits per heavy atom. The molecule has 0 radical (unpaired) electrons. The summed E-state index contributed by atoms with van der Waals surface area (Å²) >= 11 is 0. The lowest BCUT2D eigenvalue weighted by Gasteiger charge is -2.52. The van der Waals surface area contributed by atoms with Crippen molar-refractivity contribution in [3.63, 3.8) is 0 Å². The molecule has 3 aliphatic rings. The van der Waals surface area contributed by atoms with E-state index in [0.717, 1.165) is 6.42 Å². The maximum atomic E-state index is 6.26. The number of hydrogen-bond donors (Lipinski definition) is 0. The third kappa shape index (κ3) is 4.66. The van der Waals surface area contributed by atoms with Crippen LogP contribution in [0.25, 0.3) is 24.3 Å². The van der Waals surface area contributed by atoms with Crippen LogP contribution in [0.4, 0.5) is 0 Å². The van der Waals surface area contributed by atoms with Gasteiger partial charge >= 0.3 is 0 Å². The second-order valence-corrected chi connectivity index (χ2v) is 13.5. The van der Waals surface area contributed by atoms with Crippen LogP contribution < -0.4 is 0 Å². The summed E-state index contributed by atoms with van der Waals surface area (Å²) in [5.41, 5.74) is 5.28. The molecule has 1 nitrogen and oxygen atoms in total. The molecule has 0 amide bonds. The minimum absolute atomic E-state index is 0.0461. The SMILES string of the molecule is C1=Cc2ccccc21.C1=Cc2ccccc21.C=CC1(C=C)CC[Si](C)(C)OC1(C)C. The maximum Gasteiger partial charge on any atom is 0.187 e. The summed E-state index contributed by atoms with van der Waals surface area (Å²) in [6, 6.07) is 17.9. The highest BCUT2D eigenvalue weighted by atomic mass is 28.4. The van der Waals surface area contributed by atoms with Crippen molar-refractivity contribution in [2.24, 2.45) is 5.41 Å². The molecule has 0 aromatic heterocycles. The van der Waals surface area contributed by atoms with E-state index >= 15 is 0 Å². The Bertz CT molecular complexity index is 866. The lowest BCUT2D eigenvalue weighted by Crippen LogP contribution is -2.55. The highest BCUT2D eigenvalue weighted by Crippen LogP contribution is 2.48. The Hall–Kier alpha value is -2.42. The molecule has 0 atom stereocenters. The molecule has 30 heavy (non-hydrogen) atoms. The van der Waals surface area contributed by atoms with Crippen LogP contribution in [0.15, 0.2) is 73.8 Å². The third-order valence-corrected chi connectivity index (χ3v) is 8.92. The van der Waals surface area contributed by atoms with Crippen molar-refractivity contribution >= 4 is 32.6 Å². The Morgan fingerprint density at radius 2 is 1.13 bits per heavy atom. The smallest absolute Gasteiger partial charge is 0.187 e. The van der Waals surface area contributed by atoms with E-state index in [1.807, 2.05) is 12.2 Å². The van der Waals surface area contributed by atoms with Gasteiger partial charge in [0.2, 0.25) is 0 Å².